The largest absolute Gasteiger partial charge is 0.394 e. The molecule has 0 radical (unpaired) electrons. The van der Waals surface area contributed by atoms with Gasteiger partial charge in [0.2, 0.25) is 0 Å². The number of aliphatic hydroxyl groups is 3. The van der Waals surface area contributed by atoms with Crippen LogP contribution in [0.1, 0.15) is 29.8 Å². The summed E-state index contributed by atoms with van der Waals surface area (Å²) in [5.41, 5.74) is -2.41. The number of likely N-dealkylation sites (tertiary alicyclic amines) is 1. The smallest absolute Gasteiger partial charge is 0.256 e. The quantitative estimate of drug-likeness (QED) is 0.410. The molecule has 1 aliphatic rings. The van der Waals surface area contributed by atoms with E-state index in [1.54, 1.807) is 13.0 Å². The number of nitrogens with zero attached hydrogens (tertiary/aromatic N) is 1. The number of carbonyl (C=O) groups excluding carboxylic acids is 2. The van der Waals surface area contributed by atoms with Crippen LogP contribution in [0.25, 0.3) is 0 Å². The molecule has 1 atom stereocenters. The summed E-state index contributed by atoms with van der Waals surface area (Å²) in [5.74, 6) is -5.04. The molecular formula is C23H28F3N3O5. The van der Waals surface area contributed by atoms with Gasteiger partial charge < -0.3 is 30.9 Å². The lowest BCUT2D eigenvalue weighted by Crippen LogP contribution is -2.70. The van der Waals surface area contributed by atoms with E-state index < -0.39 is 66.4 Å². The van der Waals surface area contributed by atoms with E-state index in [4.69, 9.17) is 5.11 Å². The van der Waals surface area contributed by atoms with Crippen molar-refractivity contribution in [3.8, 4) is 0 Å². The Morgan fingerprint density at radius 1 is 1.12 bits per heavy atom. The van der Waals surface area contributed by atoms with Gasteiger partial charge in [-0.25, -0.2) is 13.2 Å². The van der Waals surface area contributed by atoms with Gasteiger partial charge in [-0.3, -0.25) is 9.59 Å². The molecule has 8 nitrogen and oxygen atoms in total. The second-order valence-electron chi connectivity index (χ2n) is 7.63. The van der Waals surface area contributed by atoms with Crippen LogP contribution in [0, 0.1) is 24.4 Å². The van der Waals surface area contributed by atoms with Crippen molar-refractivity contribution >= 4 is 23.2 Å². The number of benzene rings is 2. The van der Waals surface area contributed by atoms with Gasteiger partial charge in [0.05, 0.1) is 42.7 Å². The molecule has 1 fully saturated rings. The fraction of sp³-hybridized carbons (Fsp3) is 0.391. The van der Waals surface area contributed by atoms with E-state index >= 15 is 0 Å². The third kappa shape index (κ3) is 5.85. The van der Waals surface area contributed by atoms with Gasteiger partial charge in [0, 0.05) is 6.54 Å². The van der Waals surface area contributed by atoms with Crippen molar-refractivity contribution < 1.29 is 38.1 Å². The number of aryl methyl sites for hydroxylation is 1. The van der Waals surface area contributed by atoms with Gasteiger partial charge in [-0.05, 0) is 36.8 Å². The number of β-amino-alcohol motifs (C(OH)–C–C–N with tert-alkyl or cyclic N) is 1. The third-order valence-corrected chi connectivity index (χ3v) is 5.03. The van der Waals surface area contributed by atoms with Crippen LogP contribution in [0.2, 0.25) is 0 Å². The van der Waals surface area contributed by atoms with Gasteiger partial charge in [0.1, 0.15) is 5.82 Å². The molecule has 1 aliphatic heterocycles. The molecule has 2 aromatic rings. The van der Waals surface area contributed by atoms with Crippen molar-refractivity contribution in [2.24, 2.45) is 0 Å². The lowest BCUT2D eigenvalue weighted by Gasteiger charge is -2.45. The highest BCUT2D eigenvalue weighted by Crippen LogP contribution is 2.31. The average Bonchev–Trinajstić information content (AvgIpc) is 2.80. The van der Waals surface area contributed by atoms with E-state index in [2.05, 4.69) is 10.6 Å². The molecule has 5 N–H and O–H groups in total. The predicted molar refractivity (Wildman–Crippen MR) is 119 cm³/mol. The lowest BCUT2D eigenvalue weighted by molar-refractivity contribution is -0.155. The van der Waals surface area contributed by atoms with E-state index in [0.29, 0.717) is 5.56 Å². The van der Waals surface area contributed by atoms with E-state index in [-0.39, 0.29) is 17.8 Å². The molecule has 3 rings (SSSR count). The molecule has 2 aromatic carbocycles. The van der Waals surface area contributed by atoms with Gasteiger partial charge >= 0.3 is 0 Å². The Kier molecular flexibility index (Phi) is 9.02. The molecule has 1 saturated heterocycles. The topological polar surface area (TPSA) is 122 Å². The van der Waals surface area contributed by atoms with E-state index in [1.807, 2.05) is 13.8 Å². The van der Waals surface area contributed by atoms with E-state index in [0.717, 1.165) is 17.0 Å². The van der Waals surface area contributed by atoms with Crippen LogP contribution in [-0.2, 0) is 4.79 Å². The first-order chi connectivity index (χ1) is 16.1. The van der Waals surface area contributed by atoms with Crippen LogP contribution in [0.3, 0.4) is 0 Å². The minimum atomic E-state index is -1.94. The lowest BCUT2D eigenvalue weighted by atomic mass is 9.91. The zero-order valence-electron chi connectivity index (χ0n) is 19.0. The molecule has 11 heteroatoms. The number of hydrogen-bond donors (Lipinski definition) is 5. The normalized spacial score (nSPS) is 14.9. The molecule has 0 saturated carbocycles. The minimum Gasteiger partial charge on any atom is -0.394 e. The van der Waals surface area contributed by atoms with Gasteiger partial charge in [0.15, 0.2) is 17.2 Å². The number of carbonyl (C=O) groups is 2. The zero-order chi connectivity index (χ0) is 25.6. The van der Waals surface area contributed by atoms with Gasteiger partial charge in [0.25, 0.3) is 11.8 Å². The van der Waals surface area contributed by atoms with Crippen molar-refractivity contribution in [1.29, 1.82) is 0 Å². The van der Waals surface area contributed by atoms with E-state index in [9.17, 15) is 33.0 Å². The van der Waals surface area contributed by atoms with E-state index in [1.165, 1.54) is 12.1 Å². The molecular weight excluding hydrogens is 455 g/mol. The number of amides is 2. The third-order valence-electron chi connectivity index (χ3n) is 5.03. The van der Waals surface area contributed by atoms with Gasteiger partial charge in [-0.15, -0.1) is 0 Å². The molecule has 0 aromatic heterocycles. The summed E-state index contributed by atoms with van der Waals surface area (Å²) in [5, 5.41) is 33.0. The Labute approximate surface area is 195 Å². The Bertz CT molecular complexity index is 1040. The monoisotopic (exact) mass is 483 g/mol. The summed E-state index contributed by atoms with van der Waals surface area (Å²) >= 11 is 0. The number of halogens is 3. The SMILES string of the molecule is CC.Cc1ccc(Nc2c(C(=O)N3CC(O)(C(=O)NCC(O)CO)C3)ccc(F)c2F)c(F)c1. The van der Waals surface area contributed by atoms with Crippen molar-refractivity contribution in [3.05, 3.63) is 58.9 Å². The predicted octanol–water partition coefficient (Wildman–Crippen LogP) is 1.84. The summed E-state index contributed by atoms with van der Waals surface area (Å²) in [6.07, 6.45) is -1.21. The first-order valence-electron chi connectivity index (χ1n) is 10.7. The maximum absolute atomic E-state index is 14.5. The van der Waals surface area contributed by atoms with Gasteiger partial charge in [-0.2, -0.15) is 0 Å². The average molecular weight is 483 g/mol. The summed E-state index contributed by atoms with van der Waals surface area (Å²) in [4.78, 5) is 26.0. The van der Waals surface area contributed by atoms with Crippen molar-refractivity contribution in [3.63, 3.8) is 0 Å². The molecule has 34 heavy (non-hydrogen) atoms. The Morgan fingerprint density at radius 3 is 2.35 bits per heavy atom. The summed E-state index contributed by atoms with van der Waals surface area (Å²) in [6, 6.07) is 5.81. The van der Waals surface area contributed by atoms with Crippen LogP contribution in [0.5, 0.6) is 0 Å². The number of anilines is 2. The zero-order valence-corrected chi connectivity index (χ0v) is 19.0. The van der Waals surface area contributed by atoms with Crippen LogP contribution < -0.4 is 10.6 Å². The van der Waals surface area contributed by atoms with Crippen LogP contribution >= 0.6 is 0 Å². The molecule has 0 spiro atoms. The van der Waals surface area contributed by atoms with Crippen molar-refractivity contribution in [2.75, 3.05) is 31.6 Å². The molecule has 1 heterocycles. The standard InChI is InChI=1S/C21H22F3N3O5.C2H6/c1-11-2-5-16(15(23)6-11)26-18-13(3-4-14(22)17(18)24)19(30)27-9-21(32,10-27)20(31)25-7-12(29)8-28;1-2/h2-6,12,26,28-29,32H,7-10H2,1H3,(H,25,31);1-2H3. The highest BCUT2D eigenvalue weighted by atomic mass is 19.2. The molecule has 186 valence electrons. The molecule has 0 bridgehead atoms. The minimum absolute atomic E-state index is 0.170. The number of rotatable bonds is 7. The Hall–Kier alpha value is -3.15. The second kappa shape index (κ2) is 11.3. The highest BCUT2D eigenvalue weighted by molar-refractivity contribution is 6.02. The van der Waals surface area contributed by atoms with Crippen LogP contribution in [0.4, 0.5) is 24.5 Å². The van der Waals surface area contributed by atoms with Crippen LogP contribution in [-0.4, -0.2) is 70.0 Å². The van der Waals surface area contributed by atoms with Crippen molar-refractivity contribution in [1.82, 2.24) is 10.2 Å². The van der Waals surface area contributed by atoms with Gasteiger partial charge in [-0.1, -0.05) is 19.9 Å². The summed E-state index contributed by atoms with van der Waals surface area (Å²) < 4.78 is 42.5. The van der Waals surface area contributed by atoms with Crippen molar-refractivity contribution in [2.45, 2.75) is 32.5 Å². The fourth-order valence-corrected chi connectivity index (χ4v) is 3.19. The maximum atomic E-state index is 14.5. The second-order valence-corrected chi connectivity index (χ2v) is 7.63. The summed E-state index contributed by atoms with van der Waals surface area (Å²) in [6.45, 7) is 3.88. The Balaban J connectivity index is 0.00000199. The first-order valence-corrected chi connectivity index (χ1v) is 10.7. The Morgan fingerprint density at radius 2 is 1.76 bits per heavy atom. The summed E-state index contributed by atoms with van der Waals surface area (Å²) in [7, 11) is 0. The highest BCUT2D eigenvalue weighted by Gasteiger charge is 2.50. The molecule has 2 amide bonds. The number of aliphatic hydroxyl groups excluding tert-OH is 2. The number of hydrogen-bond acceptors (Lipinski definition) is 6. The maximum Gasteiger partial charge on any atom is 0.256 e. The fourth-order valence-electron chi connectivity index (χ4n) is 3.19. The number of nitrogens with one attached hydrogen (secondary N) is 2. The molecule has 1 unspecified atom stereocenters. The first kappa shape index (κ1) is 27.1. The molecule has 0 aliphatic carbocycles. The van der Waals surface area contributed by atoms with Crippen LogP contribution in [0.15, 0.2) is 30.3 Å².